The van der Waals surface area contributed by atoms with Crippen molar-refractivity contribution in [1.82, 2.24) is 19.7 Å². The average Bonchev–Trinajstić information content (AvgIpc) is 3.66. The van der Waals surface area contributed by atoms with E-state index in [4.69, 9.17) is 0 Å². The van der Waals surface area contributed by atoms with Gasteiger partial charge in [0.15, 0.2) is 0 Å². The number of halogens is 4. The lowest BCUT2D eigenvalue weighted by Crippen LogP contribution is -2.51. The number of nitro benzene ring substituents is 1. The number of carbonyl (C=O) groups is 2. The fourth-order valence-electron chi connectivity index (χ4n) is 6.31. The number of nitrogens with zero attached hydrogens (tertiary/aromatic N) is 4. The molecule has 1 aromatic heterocycles. The van der Waals surface area contributed by atoms with Crippen molar-refractivity contribution in [3.05, 3.63) is 78.5 Å². The molecule has 1 aliphatic carbocycles. The van der Waals surface area contributed by atoms with Crippen LogP contribution >= 0.6 is 15.9 Å². The third-order valence-electron chi connectivity index (χ3n) is 8.70. The molecule has 6 rings (SSSR count). The number of carbonyl (C=O) groups excluding carboxylic acids is 2. The molecule has 3 fully saturated rings. The Hall–Kier alpha value is -3.98. The number of para-hydroxylation sites is 1. The van der Waals surface area contributed by atoms with Crippen LogP contribution in [0.3, 0.4) is 0 Å². The zero-order valence-electron chi connectivity index (χ0n) is 23.3. The van der Waals surface area contributed by atoms with Crippen LogP contribution in [0.25, 0.3) is 10.9 Å². The summed E-state index contributed by atoms with van der Waals surface area (Å²) in [6.45, 7) is -0.399. The summed E-state index contributed by atoms with van der Waals surface area (Å²) in [6, 6.07) is 10.6. The van der Waals surface area contributed by atoms with Crippen molar-refractivity contribution in [2.24, 2.45) is 5.41 Å². The van der Waals surface area contributed by atoms with Gasteiger partial charge in [-0.25, -0.2) is 0 Å². The van der Waals surface area contributed by atoms with E-state index in [9.17, 15) is 37.7 Å². The molecule has 3 heterocycles. The summed E-state index contributed by atoms with van der Waals surface area (Å²) >= 11 is 3.26. The Balaban J connectivity index is 1.27. The fraction of sp³-hybridized carbons (Fsp3) is 0.414. The number of fused-ring (bicyclic) bond motifs is 1. The molecule has 2 amide bonds. The predicted octanol–water partition coefficient (Wildman–Crippen LogP) is 4.24. The number of rotatable bonds is 6. The van der Waals surface area contributed by atoms with E-state index in [1.807, 2.05) is 0 Å². The van der Waals surface area contributed by atoms with Crippen molar-refractivity contribution in [3.63, 3.8) is 0 Å². The molecule has 1 spiro atoms. The molecule has 232 valence electrons. The normalized spacial score (nSPS) is 19.9. The summed E-state index contributed by atoms with van der Waals surface area (Å²) in [5, 5.41) is 16.0. The fourth-order valence-corrected chi connectivity index (χ4v) is 6.75. The molecule has 0 bridgehead atoms. The Labute approximate surface area is 257 Å². The van der Waals surface area contributed by atoms with Crippen molar-refractivity contribution in [3.8, 4) is 0 Å². The van der Waals surface area contributed by atoms with Crippen molar-refractivity contribution in [2.45, 2.75) is 25.1 Å². The summed E-state index contributed by atoms with van der Waals surface area (Å²) in [4.78, 5) is 58.3. The quantitative estimate of drug-likeness (QED) is 0.295. The van der Waals surface area contributed by atoms with Crippen LogP contribution in [-0.2, 0) is 0 Å². The minimum Gasteiger partial charge on any atom is -0.374 e. The van der Waals surface area contributed by atoms with Gasteiger partial charge < -0.3 is 20.1 Å². The molecular formula is C29H28BrF3N6O5. The highest BCUT2D eigenvalue weighted by atomic mass is 79.9. The smallest absolute Gasteiger partial charge is 0.374 e. The molecule has 1 atom stereocenters. The second kappa shape index (κ2) is 11.2. The first kappa shape index (κ1) is 30.1. The van der Waals surface area contributed by atoms with Gasteiger partial charge in [-0.3, -0.25) is 29.4 Å². The summed E-state index contributed by atoms with van der Waals surface area (Å²) in [5.41, 5.74) is -0.279. The standard InChI is InChI=1S/C29H28BrF3N6O5/c30-17-11-20(27(42)37-9-7-36(8-10-37)16-29(31,32)33)25(22(12-17)39(43)44)35-23-14-38(15-28(23)5-6-28)26(41)19-13-24(40)34-21-4-2-1-3-18(19)21/h1-4,11-13,23,35H,5-10,14-16H2,(H,34,40)/t23-/m0/s1. The summed E-state index contributed by atoms with van der Waals surface area (Å²) in [5.74, 6) is -0.865. The van der Waals surface area contributed by atoms with Crippen LogP contribution in [0.5, 0.6) is 0 Å². The van der Waals surface area contributed by atoms with Crippen LogP contribution in [0.1, 0.15) is 33.6 Å². The van der Waals surface area contributed by atoms with Gasteiger partial charge in [0.05, 0.1) is 28.6 Å². The molecule has 2 N–H and O–H groups in total. The zero-order valence-corrected chi connectivity index (χ0v) is 24.9. The number of pyridine rings is 1. The molecule has 0 radical (unpaired) electrons. The maximum absolute atomic E-state index is 13.7. The number of amides is 2. The van der Waals surface area contributed by atoms with E-state index in [-0.39, 0.29) is 66.5 Å². The van der Waals surface area contributed by atoms with E-state index in [1.54, 1.807) is 29.2 Å². The van der Waals surface area contributed by atoms with Crippen LogP contribution in [0.15, 0.2) is 51.7 Å². The third kappa shape index (κ3) is 5.89. The Morgan fingerprint density at radius 2 is 1.73 bits per heavy atom. The van der Waals surface area contributed by atoms with E-state index in [1.165, 1.54) is 28.0 Å². The summed E-state index contributed by atoms with van der Waals surface area (Å²) in [7, 11) is 0. The minimum atomic E-state index is -4.35. The number of H-pyrrole nitrogens is 1. The Morgan fingerprint density at radius 1 is 1.05 bits per heavy atom. The molecule has 15 heteroatoms. The zero-order chi connectivity index (χ0) is 31.4. The van der Waals surface area contributed by atoms with Crippen molar-refractivity contribution in [2.75, 3.05) is 51.1 Å². The highest BCUT2D eigenvalue weighted by Gasteiger charge is 2.56. The van der Waals surface area contributed by atoms with Gasteiger partial charge in [0.1, 0.15) is 5.69 Å². The Bertz CT molecular complexity index is 1720. The van der Waals surface area contributed by atoms with Crippen LogP contribution in [0, 0.1) is 15.5 Å². The molecular weight excluding hydrogens is 649 g/mol. The largest absolute Gasteiger partial charge is 0.401 e. The molecule has 3 aliphatic rings. The van der Waals surface area contributed by atoms with Gasteiger partial charge in [0.2, 0.25) is 5.56 Å². The van der Waals surface area contributed by atoms with Crippen LogP contribution in [0.2, 0.25) is 0 Å². The van der Waals surface area contributed by atoms with Crippen LogP contribution in [0.4, 0.5) is 24.5 Å². The number of nitrogens with one attached hydrogen (secondary N) is 2. The highest BCUT2D eigenvalue weighted by molar-refractivity contribution is 9.10. The first-order valence-electron chi connectivity index (χ1n) is 14.1. The molecule has 11 nitrogen and oxygen atoms in total. The van der Waals surface area contributed by atoms with Crippen molar-refractivity contribution >= 4 is 50.0 Å². The van der Waals surface area contributed by atoms with E-state index >= 15 is 0 Å². The number of aromatic nitrogens is 1. The van der Waals surface area contributed by atoms with Gasteiger partial charge in [-0.2, -0.15) is 13.2 Å². The number of nitro groups is 1. The molecule has 0 unspecified atom stereocenters. The Morgan fingerprint density at radius 3 is 2.39 bits per heavy atom. The number of benzene rings is 2. The van der Waals surface area contributed by atoms with E-state index in [2.05, 4.69) is 26.2 Å². The Kier molecular flexibility index (Phi) is 7.64. The molecule has 3 aromatic rings. The first-order valence-corrected chi connectivity index (χ1v) is 14.9. The lowest BCUT2D eigenvalue weighted by Gasteiger charge is -2.35. The summed E-state index contributed by atoms with van der Waals surface area (Å²) < 4.78 is 38.9. The predicted molar refractivity (Wildman–Crippen MR) is 159 cm³/mol. The minimum absolute atomic E-state index is 0.00750. The molecule has 2 aromatic carbocycles. The maximum Gasteiger partial charge on any atom is 0.401 e. The second-order valence-electron chi connectivity index (χ2n) is 11.6. The SMILES string of the molecule is O=C(c1cc(Br)cc([N+](=O)[O-])c1N[C@H]1CN(C(=O)c2cc(=O)[nH]c3ccccc23)CC12CC2)N1CCN(CC(F)(F)F)CC1. The number of anilines is 1. The molecule has 2 saturated heterocycles. The van der Waals surface area contributed by atoms with E-state index in [0.29, 0.717) is 21.9 Å². The number of alkyl halides is 3. The number of hydrogen-bond acceptors (Lipinski definition) is 7. The number of hydrogen-bond donors (Lipinski definition) is 2. The third-order valence-corrected chi connectivity index (χ3v) is 9.16. The van der Waals surface area contributed by atoms with Gasteiger partial charge in [-0.15, -0.1) is 0 Å². The second-order valence-corrected chi connectivity index (χ2v) is 12.5. The molecule has 2 aliphatic heterocycles. The van der Waals surface area contributed by atoms with Gasteiger partial charge in [-0.1, -0.05) is 34.1 Å². The summed E-state index contributed by atoms with van der Waals surface area (Å²) in [6.07, 6.45) is -2.83. The monoisotopic (exact) mass is 676 g/mol. The van der Waals surface area contributed by atoms with Crippen LogP contribution in [-0.4, -0.2) is 94.5 Å². The number of aromatic amines is 1. The van der Waals surface area contributed by atoms with Crippen LogP contribution < -0.4 is 10.9 Å². The topological polar surface area (TPSA) is 132 Å². The lowest BCUT2D eigenvalue weighted by atomic mass is 9.99. The van der Waals surface area contributed by atoms with E-state index < -0.39 is 35.2 Å². The molecule has 1 saturated carbocycles. The molecule has 44 heavy (non-hydrogen) atoms. The van der Waals surface area contributed by atoms with Gasteiger partial charge >= 0.3 is 6.18 Å². The van der Waals surface area contributed by atoms with Gasteiger partial charge in [-0.05, 0) is 25.0 Å². The number of piperazine rings is 1. The van der Waals surface area contributed by atoms with E-state index in [0.717, 1.165) is 12.8 Å². The maximum atomic E-state index is 13.7. The average molecular weight is 677 g/mol. The highest BCUT2D eigenvalue weighted by Crippen LogP contribution is 2.54. The van der Waals surface area contributed by atoms with Crippen molar-refractivity contribution in [1.29, 1.82) is 0 Å². The van der Waals surface area contributed by atoms with Gasteiger partial charge in [0.25, 0.3) is 17.5 Å². The van der Waals surface area contributed by atoms with Crippen molar-refractivity contribution < 1.29 is 27.7 Å². The number of likely N-dealkylation sites (tertiary alicyclic amines) is 1. The first-order chi connectivity index (χ1) is 20.8. The van der Waals surface area contributed by atoms with Gasteiger partial charge in [0, 0.05) is 72.2 Å². The lowest BCUT2D eigenvalue weighted by molar-refractivity contribution is -0.384.